The maximum atomic E-state index is 13.0. The first kappa shape index (κ1) is 19.1. The van der Waals surface area contributed by atoms with Crippen LogP contribution < -0.4 is 10.1 Å². The third kappa shape index (κ3) is 4.46. The van der Waals surface area contributed by atoms with Crippen molar-refractivity contribution in [2.45, 2.75) is 19.9 Å². The highest BCUT2D eigenvalue weighted by Gasteiger charge is 2.26. The highest BCUT2D eigenvalue weighted by molar-refractivity contribution is 7.13. The Hall–Kier alpha value is -3.19. The Morgan fingerprint density at radius 1 is 1.24 bits per heavy atom. The molecular formula is C22H21N3O3S. The molecule has 0 atom stereocenters. The van der Waals surface area contributed by atoms with Crippen molar-refractivity contribution in [1.29, 1.82) is 0 Å². The molecule has 1 aliphatic rings. The number of amides is 2. The number of nitrogens with zero attached hydrogens (tertiary/aromatic N) is 2. The quantitative estimate of drug-likeness (QED) is 0.677. The summed E-state index contributed by atoms with van der Waals surface area (Å²) >= 11 is 1.35. The van der Waals surface area contributed by atoms with Gasteiger partial charge in [0, 0.05) is 35.8 Å². The number of hydrogen-bond donors (Lipinski definition) is 1. The maximum absolute atomic E-state index is 13.0. The number of thiazole rings is 1. The van der Waals surface area contributed by atoms with E-state index in [1.807, 2.05) is 17.9 Å². The van der Waals surface area contributed by atoms with E-state index in [1.54, 1.807) is 23.7 Å². The van der Waals surface area contributed by atoms with E-state index in [0.717, 1.165) is 11.1 Å². The van der Waals surface area contributed by atoms with E-state index in [4.69, 9.17) is 4.74 Å². The topological polar surface area (TPSA) is 71.5 Å². The first-order chi connectivity index (χ1) is 14.1. The van der Waals surface area contributed by atoms with Crippen LogP contribution in [-0.4, -0.2) is 34.8 Å². The Kier molecular flexibility index (Phi) is 5.57. The van der Waals surface area contributed by atoms with Gasteiger partial charge < -0.3 is 9.64 Å². The zero-order valence-corrected chi connectivity index (χ0v) is 16.9. The maximum Gasteiger partial charge on any atom is 0.264 e. The van der Waals surface area contributed by atoms with Crippen LogP contribution in [0.4, 0.5) is 5.13 Å². The third-order valence-corrected chi connectivity index (χ3v) is 5.50. The fourth-order valence-corrected chi connectivity index (χ4v) is 3.87. The normalized spacial score (nSPS) is 13.1. The lowest BCUT2D eigenvalue weighted by Gasteiger charge is -2.29. The van der Waals surface area contributed by atoms with E-state index in [2.05, 4.69) is 34.6 Å². The van der Waals surface area contributed by atoms with E-state index < -0.39 is 0 Å². The summed E-state index contributed by atoms with van der Waals surface area (Å²) in [5, 5.41) is 5.01. The monoisotopic (exact) mass is 407 g/mol. The Morgan fingerprint density at radius 2 is 2.07 bits per heavy atom. The number of nitrogens with one attached hydrogen (secondary N) is 1. The zero-order chi connectivity index (χ0) is 20.2. The molecule has 0 fully saturated rings. The standard InChI is InChI=1S/C22H21N3O3S/c1-15-5-7-16(8-6-15)13-25-11-9-17-18(21(25)27)3-2-4-19(17)28-14-20(26)24-22-23-10-12-29-22/h2-8,10,12H,9,11,13-14H2,1H3,(H,23,24,26). The van der Waals surface area contributed by atoms with Crippen LogP contribution in [0.5, 0.6) is 5.75 Å². The predicted octanol–water partition coefficient (Wildman–Crippen LogP) is 3.67. The molecule has 1 aliphatic heterocycles. The lowest BCUT2D eigenvalue weighted by atomic mass is 9.97. The number of aromatic nitrogens is 1. The summed E-state index contributed by atoms with van der Waals surface area (Å²) in [4.78, 5) is 30.9. The molecule has 7 heteroatoms. The van der Waals surface area contributed by atoms with E-state index in [1.165, 1.54) is 16.9 Å². The molecule has 0 radical (unpaired) electrons. The van der Waals surface area contributed by atoms with Gasteiger partial charge in [-0.3, -0.25) is 14.9 Å². The van der Waals surface area contributed by atoms with Gasteiger partial charge in [0.05, 0.1) is 0 Å². The highest BCUT2D eigenvalue weighted by atomic mass is 32.1. The minimum atomic E-state index is -0.277. The van der Waals surface area contributed by atoms with Crippen LogP contribution in [0.15, 0.2) is 54.0 Å². The van der Waals surface area contributed by atoms with Crippen LogP contribution in [0.1, 0.15) is 27.0 Å². The SMILES string of the molecule is Cc1ccc(CN2CCc3c(OCC(=O)Nc4nccs4)cccc3C2=O)cc1. The van der Waals surface area contributed by atoms with Crippen LogP contribution >= 0.6 is 11.3 Å². The molecule has 3 aromatic rings. The van der Waals surface area contributed by atoms with E-state index >= 15 is 0 Å². The van der Waals surface area contributed by atoms with Crippen LogP contribution in [0.3, 0.4) is 0 Å². The average Bonchev–Trinajstić information content (AvgIpc) is 3.23. The Labute approximate surface area is 173 Å². The van der Waals surface area contributed by atoms with Crippen LogP contribution in [0, 0.1) is 6.92 Å². The summed E-state index contributed by atoms with van der Waals surface area (Å²) in [5.41, 5.74) is 3.81. The average molecular weight is 407 g/mol. The Morgan fingerprint density at radius 3 is 2.83 bits per heavy atom. The number of rotatable bonds is 6. The van der Waals surface area contributed by atoms with Gasteiger partial charge in [-0.05, 0) is 31.0 Å². The van der Waals surface area contributed by atoms with E-state index in [0.29, 0.717) is 36.0 Å². The molecule has 0 aliphatic carbocycles. The minimum Gasteiger partial charge on any atom is -0.483 e. The number of carbonyl (C=O) groups excluding carboxylic acids is 2. The second-order valence-electron chi connectivity index (χ2n) is 6.92. The molecule has 4 rings (SSSR count). The van der Waals surface area contributed by atoms with Gasteiger partial charge in [-0.25, -0.2) is 4.98 Å². The minimum absolute atomic E-state index is 0.00971. The van der Waals surface area contributed by atoms with Crippen molar-refractivity contribution >= 4 is 28.3 Å². The van der Waals surface area contributed by atoms with Crippen molar-refractivity contribution in [2.75, 3.05) is 18.5 Å². The lowest BCUT2D eigenvalue weighted by Crippen LogP contribution is -2.37. The fourth-order valence-electron chi connectivity index (χ4n) is 3.33. The number of anilines is 1. The predicted molar refractivity (Wildman–Crippen MR) is 112 cm³/mol. The molecule has 1 N–H and O–H groups in total. The number of hydrogen-bond acceptors (Lipinski definition) is 5. The number of aryl methyl sites for hydroxylation is 1. The molecule has 2 heterocycles. The van der Waals surface area contributed by atoms with Crippen molar-refractivity contribution in [2.24, 2.45) is 0 Å². The molecule has 0 saturated heterocycles. The van der Waals surface area contributed by atoms with Crippen molar-refractivity contribution in [3.05, 3.63) is 76.3 Å². The van der Waals surface area contributed by atoms with Gasteiger partial charge in [0.15, 0.2) is 11.7 Å². The molecule has 2 aromatic carbocycles. The van der Waals surface area contributed by atoms with Crippen LogP contribution in [0.25, 0.3) is 0 Å². The smallest absolute Gasteiger partial charge is 0.264 e. The van der Waals surface area contributed by atoms with Crippen molar-refractivity contribution in [1.82, 2.24) is 9.88 Å². The molecule has 6 nitrogen and oxygen atoms in total. The molecule has 1 aromatic heterocycles. The van der Waals surface area contributed by atoms with Gasteiger partial charge in [0.25, 0.3) is 11.8 Å². The molecule has 0 spiro atoms. The number of carbonyl (C=O) groups is 2. The summed E-state index contributed by atoms with van der Waals surface area (Å²) in [6.07, 6.45) is 2.32. The van der Waals surface area contributed by atoms with Crippen molar-refractivity contribution < 1.29 is 14.3 Å². The molecule has 148 valence electrons. The van der Waals surface area contributed by atoms with Crippen LogP contribution in [-0.2, 0) is 17.8 Å². The first-order valence-corrected chi connectivity index (χ1v) is 10.3. The highest BCUT2D eigenvalue weighted by Crippen LogP contribution is 2.29. The molecule has 29 heavy (non-hydrogen) atoms. The van der Waals surface area contributed by atoms with Crippen molar-refractivity contribution in [3.63, 3.8) is 0 Å². The van der Waals surface area contributed by atoms with Gasteiger partial charge >= 0.3 is 0 Å². The number of benzene rings is 2. The zero-order valence-electron chi connectivity index (χ0n) is 16.1. The lowest BCUT2D eigenvalue weighted by molar-refractivity contribution is -0.118. The third-order valence-electron chi connectivity index (χ3n) is 4.81. The molecule has 0 unspecified atom stereocenters. The molecule has 0 saturated carbocycles. The van der Waals surface area contributed by atoms with Gasteiger partial charge in [-0.1, -0.05) is 35.9 Å². The molecule has 2 amide bonds. The van der Waals surface area contributed by atoms with Gasteiger partial charge in [-0.15, -0.1) is 11.3 Å². The Bertz CT molecular complexity index is 1020. The summed E-state index contributed by atoms with van der Waals surface area (Å²) in [7, 11) is 0. The number of ether oxygens (including phenoxy) is 1. The van der Waals surface area contributed by atoms with Crippen LogP contribution in [0.2, 0.25) is 0 Å². The van der Waals surface area contributed by atoms with Gasteiger partial charge in [0.1, 0.15) is 5.75 Å². The Balaban J connectivity index is 1.43. The molecular weight excluding hydrogens is 386 g/mol. The summed E-state index contributed by atoms with van der Waals surface area (Å²) in [6, 6.07) is 13.6. The number of fused-ring (bicyclic) bond motifs is 1. The van der Waals surface area contributed by atoms with Gasteiger partial charge in [-0.2, -0.15) is 0 Å². The van der Waals surface area contributed by atoms with E-state index in [-0.39, 0.29) is 18.4 Å². The second kappa shape index (κ2) is 8.45. The second-order valence-corrected chi connectivity index (χ2v) is 7.81. The summed E-state index contributed by atoms with van der Waals surface area (Å²) in [6.45, 7) is 3.12. The fraction of sp³-hybridized carbons (Fsp3) is 0.227. The summed E-state index contributed by atoms with van der Waals surface area (Å²) in [5.74, 6) is 0.297. The van der Waals surface area contributed by atoms with Crippen molar-refractivity contribution in [3.8, 4) is 5.75 Å². The van der Waals surface area contributed by atoms with Gasteiger partial charge in [0.2, 0.25) is 0 Å². The largest absolute Gasteiger partial charge is 0.483 e. The summed E-state index contributed by atoms with van der Waals surface area (Å²) < 4.78 is 5.72. The first-order valence-electron chi connectivity index (χ1n) is 9.39. The van der Waals surface area contributed by atoms with E-state index in [9.17, 15) is 9.59 Å². The molecule has 0 bridgehead atoms.